The summed E-state index contributed by atoms with van der Waals surface area (Å²) in [5.41, 5.74) is 2.48. The fourth-order valence-electron chi connectivity index (χ4n) is 4.20. The summed E-state index contributed by atoms with van der Waals surface area (Å²) < 4.78 is 11.3. The monoisotopic (exact) mass is 366 g/mol. The Hall–Kier alpha value is -2.56. The van der Waals surface area contributed by atoms with E-state index in [4.69, 9.17) is 9.47 Å². The Kier molecular flexibility index (Phi) is 4.13. The Morgan fingerprint density at radius 1 is 1.26 bits per heavy atom. The van der Waals surface area contributed by atoms with Crippen LogP contribution >= 0.6 is 0 Å². The zero-order chi connectivity index (χ0) is 19.2. The van der Waals surface area contributed by atoms with Gasteiger partial charge >= 0.3 is 0 Å². The number of aromatic nitrogens is 1. The van der Waals surface area contributed by atoms with E-state index in [-0.39, 0.29) is 16.9 Å². The van der Waals surface area contributed by atoms with Crippen molar-refractivity contribution >= 4 is 11.6 Å². The zero-order valence-electron chi connectivity index (χ0n) is 16.4. The number of nitrogens with zero attached hydrogens (tertiary/aromatic N) is 2. The van der Waals surface area contributed by atoms with Crippen LogP contribution in [0.15, 0.2) is 36.5 Å². The van der Waals surface area contributed by atoms with Crippen molar-refractivity contribution in [1.29, 1.82) is 0 Å². The highest BCUT2D eigenvalue weighted by atomic mass is 16.5. The van der Waals surface area contributed by atoms with Crippen LogP contribution in [0.5, 0.6) is 11.6 Å². The Morgan fingerprint density at radius 3 is 2.56 bits per heavy atom. The molecule has 1 spiro atoms. The molecule has 2 aromatic rings. The maximum Gasteiger partial charge on any atom is 0.259 e. The Bertz CT molecular complexity index is 870. The molecule has 0 N–H and O–H groups in total. The summed E-state index contributed by atoms with van der Waals surface area (Å²) in [6.45, 7) is 6.78. The van der Waals surface area contributed by atoms with Crippen molar-refractivity contribution in [1.82, 2.24) is 4.98 Å². The van der Waals surface area contributed by atoms with Crippen molar-refractivity contribution in [2.24, 2.45) is 0 Å². The zero-order valence-corrected chi connectivity index (χ0v) is 16.4. The molecule has 142 valence electrons. The lowest BCUT2D eigenvalue weighted by atomic mass is 9.82. The minimum atomic E-state index is -0.208. The largest absolute Gasteiger partial charge is 0.497 e. The number of carbonyl (C=O) groups is 1. The summed E-state index contributed by atoms with van der Waals surface area (Å²) in [6.07, 6.45) is 4.90. The van der Waals surface area contributed by atoms with E-state index < -0.39 is 0 Å². The molecule has 1 saturated carbocycles. The lowest BCUT2D eigenvalue weighted by molar-refractivity contribution is 0.0609. The molecule has 0 bridgehead atoms. The van der Waals surface area contributed by atoms with Crippen LogP contribution in [0.25, 0.3) is 0 Å². The van der Waals surface area contributed by atoms with E-state index in [0.29, 0.717) is 18.0 Å². The number of hydrogen-bond acceptors (Lipinski definition) is 4. The maximum atomic E-state index is 13.2. The maximum absolute atomic E-state index is 13.2. The van der Waals surface area contributed by atoms with Gasteiger partial charge in [-0.25, -0.2) is 4.98 Å². The number of amides is 1. The molecule has 0 saturated heterocycles. The van der Waals surface area contributed by atoms with Gasteiger partial charge in [0.05, 0.1) is 12.7 Å². The molecule has 27 heavy (non-hydrogen) atoms. The first-order valence-electron chi connectivity index (χ1n) is 9.53. The van der Waals surface area contributed by atoms with Crippen molar-refractivity contribution in [3.63, 3.8) is 0 Å². The van der Waals surface area contributed by atoms with Gasteiger partial charge in [0.1, 0.15) is 11.4 Å². The lowest BCUT2D eigenvalue weighted by Crippen LogP contribution is -2.39. The highest BCUT2D eigenvalue weighted by Gasteiger charge is 2.53. The number of methoxy groups -OCH3 is 1. The average molecular weight is 366 g/mol. The minimum Gasteiger partial charge on any atom is -0.497 e. The third kappa shape index (κ3) is 3.15. The number of anilines is 1. The Morgan fingerprint density at radius 2 is 1.96 bits per heavy atom. The van der Waals surface area contributed by atoms with Gasteiger partial charge in [0.15, 0.2) is 0 Å². The molecule has 2 aliphatic rings. The summed E-state index contributed by atoms with van der Waals surface area (Å²) >= 11 is 0. The molecule has 1 aliphatic heterocycles. The van der Waals surface area contributed by atoms with Gasteiger partial charge in [-0.05, 0) is 70.4 Å². The summed E-state index contributed by atoms with van der Waals surface area (Å²) in [7, 11) is 1.63. The predicted octanol–water partition coefficient (Wildman–Crippen LogP) is 4.35. The molecule has 5 nitrogen and oxygen atoms in total. The molecule has 1 aliphatic carbocycles. The standard InChI is InChI=1S/C22H26N2O3/c1-5-24(16-6-8-17(26-4)9-7-16)20(25)15-12-18-19(23-13-15)27-21(2,3)14-22(18)10-11-22/h6-9,12-13H,5,10-11,14H2,1-4H3. The van der Waals surface area contributed by atoms with E-state index in [9.17, 15) is 4.79 Å². The molecule has 2 heterocycles. The fraction of sp³-hybridized carbons (Fsp3) is 0.455. The first-order chi connectivity index (χ1) is 12.9. The number of benzene rings is 1. The van der Waals surface area contributed by atoms with Crippen LogP contribution in [0.3, 0.4) is 0 Å². The van der Waals surface area contributed by atoms with Crippen LogP contribution in [-0.2, 0) is 5.41 Å². The van der Waals surface area contributed by atoms with Gasteiger partial charge in [-0.2, -0.15) is 0 Å². The summed E-state index contributed by atoms with van der Waals surface area (Å²) in [6, 6.07) is 9.54. The second kappa shape index (κ2) is 6.25. The second-order valence-electron chi connectivity index (χ2n) is 8.14. The van der Waals surface area contributed by atoms with Crippen LogP contribution in [0.2, 0.25) is 0 Å². The van der Waals surface area contributed by atoms with Crippen LogP contribution in [0, 0.1) is 0 Å². The number of ether oxygens (including phenoxy) is 2. The first kappa shape index (κ1) is 17.8. The Balaban J connectivity index is 1.66. The molecular formula is C22H26N2O3. The molecule has 0 unspecified atom stereocenters. The second-order valence-corrected chi connectivity index (χ2v) is 8.14. The minimum absolute atomic E-state index is 0.0430. The molecule has 1 aromatic carbocycles. The topological polar surface area (TPSA) is 51.7 Å². The predicted molar refractivity (Wildman–Crippen MR) is 105 cm³/mol. The van der Waals surface area contributed by atoms with Crippen LogP contribution < -0.4 is 14.4 Å². The number of rotatable bonds is 4. The normalized spacial score (nSPS) is 18.4. The summed E-state index contributed by atoms with van der Waals surface area (Å²) in [4.78, 5) is 19.5. The van der Waals surface area contributed by atoms with Crippen LogP contribution in [0.1, 0.15) is 56.0 Å². The van der Waals surface area contributed by atoms with Gasteiger partial charge < -0.3 is 14.4 Å². The smallest absolute Gasteiger partial charge is 0.259 e. The third-order valence-electron chi connectivity index (χ3n) is 5.61. The average Bonchev–Trinajstić information content (AvgIpc) is 3.41. The molecule has 5 heteroatoms. The number of carbonyl (C=O) groups excluding carboxylic acids is 1. The van der Waals surface area contributed by atoms with Gasteiger partial charge in [-0.1, -0.05) is 0 Å². The van der Waals surface area contributed by atoms with Gasteiger partial charge in [0, 0.05) is 29.4 Å². The molecule has 1 amide bonds. The first-order valence-corrected chi connectivity index (χ1v) is 9.53. The highest BCUT2D eigenvalue weighted by Crippen LogP contribution is 2.58. The van der Waals surface area contributed by atoms with Crippen molar-refractivity contribution in [2.45, 2.75) is 51.0 Å². The number of hydrogen-bond donors (Lipinski definition) is 0. The van der Waals surface area contributed by atoms with Gasteiger partial charge in [0.2, 0.25) is 5.88 Å². The van der Waals surface area contributed by atoms with Crippen molar-refractivity contribution < 1.29 is 14.3 Å². The SMILES string of the molecule is CCN(C(=O)c1cnc2c(c1)C1(CC1)CC(C)(C)O2)c1ccc(OC)cc1. The molecule has 0 radical (unpaired) electrons. The van der Waals surface area contributed by atoms with Gasteiger partial charge in [-0.3, -0.25) is 4.79 Å². The summed E-state index contributed by atoms with van der Waals surface area (Å²) in [5.74, 6) is 1.42. The molecule has 0 atom stereocenters. The van der Waals surface area contributed by atoms with E-state index in [1.807, 2.05) is 37.3 Å². The van der Waals surface area contributed by atoms with Crippen molar-refractivity contribution in [3.05, 3.63) is 47.7 Å². The fourth-order valence-corrected chi connectivity index (χ4v) is 4.20. The number of pyridine rings is 1. The molecule has 1 fully saturated rings. The Labute approximate surface area is 160 Å². The van der Waals surface area contributed by atoms with E-state index >= 15 is 0 Å². The van der Waals surface area contributed by atoms with E-state index in [2.05, 4.69) is 18.8 Å². The van der Waals surface area contributed by atoms with Gasteiger partial charge in [-0.15, -0.1) is 0 Å². The molecule has 4 rings (SSSR count). The quantitative estimate of drug-likeness (QED) is 0.807. The number of fused-ring (bicyclic) bond motifs is 2. The van der Waals surface area contributed by atoms with E-state index in [1.165, 1.54) is 0 Å². The summed E-state index contributed by atoms with van der Waals surface area (Å²) in [5, 5.41) is 0. The van der Waals surface area contributed by atoms with Gasteiger partial charge in [0.25, 0.3) is 5.91 Å². The van der Waals surface area contributed by atoms with Crippen LogP contribution in [-0.4, -0.2) is 30.1 Å². The highest BCUT2D eigenvalue weighted by molar-refractivity contribution is 6.06. The van der Waals surface area contributed by atoms with E-state index in [0.717, 1.165) is 36.3 Å². The van der Waals surface area contributed by atoms with Crippen molar-refractivity contribution in [3.8, 4) is 11.6 Å². The van der Waals surface area contributed by atoms with E-state index in [1.54, 1.807) is 18.2 Å². The third-order valence-corrected chi connectivity index (χ3v) is 5.61. The van der Waals surface area contributed by atoms with Crippen molar-refractivity contribution in [2.75, 3.05) is 18.6 Å². The van der Waals surface area contributed by atoms with Crippen LogP contribution in [0.4, 0.5) is 5.69 Å². The molecule has 1 aromatic heterocycles. The lowest BCUT2D eigenvalue weighted by Gasteiger charge is -2.37. The molecular weight excluding hydrogens is 340 g/mol.